The van der Waals surface area contributed by atoms with Crippen LogP contribution >= 0.6 is 0 Å². The molecule has 1 spiro atoms. The average Bonchev–Trinajstić information content (AvgIpc) is 3.55. The van der Waals surface area contributed by atoms with Gasteiger partial charge in [0.1, 0.15) is 17.8 Å². The maximum atomic E-state index is 13.9. The highest BCUT2D eigenvalue weighted by Gasteiger charge is 2.54. The molecule has 3 aromatic rings. The normalized spacial score (nSPS) is 17.1. The van der Waals surface area contributed by atoms with E-state index in [1.165, 1.54) is 5.56 Å². The first-order chi connectivity index (χ1) is 18.7. The van der Waals surface area contributed by atoms with Crippen LogP contribution in [-0.2, 0) is 21.5 Å². The molecule has 204 valence electrons. The van der Waals surface area contributed by atoms with Crippen LogP contribution in [0.1, 0.15) is 55.3 Å². The number of rotatable bonds is 6. The Labute approximate surface area is 229 Å². The highest BCUT2D eigenvalue weighted by Crippen LogP contribution is 2.39. The fourth-order valence-electron chi connectivity index (χ4n) is 5.53. The van der Waals surface area contributed by atoms with E-state index in [2.05, 4.69) is 31.0 Å². The molecule has 1 N–H and O–H groups in total. The Kier molecular flexibility index (Phi) is 7.21. The minimum Gasteiger partial charge on any atom is -0.467 e. The van der Waals surface area contributed by atoms with Crippen LogP contribution in [0.25, 0.3) is 0 Å². The second kappa shape index (κ2) is 10.6. The predicted octanol–water partition coefficient (Wildman–Crippen LogP) is 4.17. The third kappa shape index (κ3) is 5.41. The van der Waals surface area contributed by atoms with Crippen molar-refractivity contribution in [2.45, 2.75) is 51.1 Å². The van der Waals surface area contributed by atoms with Crippen LogP contribution in [0, 0.1) is 0 Å². The van der Waals surface area contributed by atoms with Crippen LogP contribution in [0.15, 0.2) is 77.4 Å². The summed E-state index contributed by atoms with van der Waals surface area (Å²) in [6.45, 7) is 7.94. The number of furan rings is 1. The molecule has 2 aliphatic heterocycles. The molecule has 5 rings (SSSR count). The maximum absolute atomic E-state index is 13.9. The van der Waals surface area contributed by atoms with E-state index >= 15 is 0 Å². The van der Waals surface area contributed by atoms with Crippen molar-refractivity contribution < 1.29 is 18.8 Å². The molecule has 8 heteroatoms. The molecule has 2 aliphatic rings. The topological polar surface area (TPSA) is 86.1 Å². The van der Waals surface area contributed by atoms with Gasteiger partial charge in [-0.25, -0.2) is 0 Å². The summed E-state index contributed by atoms with van der Waals surface area (Å²) in [5, 5.41) is 2.83. The van der Waals surface area contributed by atoms with Crippen LogP contribution in [0.3, 0.4) is 0 Å². The summed E-state index contributed by atoms with van der Waals surface area (Å²) in [6, 6.07) is 21.2. The molecular formula is C31H36N4O4. The van der Waals surface area contributed by atoms with Gasteiger partial charge in [0.25, 0.3) is 11.8 Å². The van der Waals surface area contributed by atoms with Gasteiger partial charge in [0, 0.05) is 24.3 Å². The predicted molar refractivity (Wildman–Crippen MR) is 149 cm³/mol. The molecule has 2 saturated heterocycles. The number of nitrogens with one attached hydrogen (secondary N) is 1. The van der Waals surface area contributed by atoms with Crippen molar-refractivity contribution >= 4 is 23.4 Å². The van der Waals surface area contributed by atoms with Gasteiger partial charge in [0.2, 0.25) is 5.91 Å². The number of carbonyl (C=O) groups excluding carboxylic acids is 3. The lowest BCUT2D eigenvalue weighted by molar-refractivity contribution is -0.137. The largest absolute Gasteiger partial charge is 0.467 e. The lowest BCUT2D eigenvalue weighted by Crippen LogP contribution is -2.57. The summed E-state index contributed by atoms with van der Waals surface area (Å²) in [5.74, 6) is 0.331. The third-order valence-electron chi connectivity index (χ3n) is 7.83. The first-order valence-corrected chi connectivity index (χ1v) is 13.5. The molecule has 3 amide bonds. The van der Waals surface area contributed by atoms with E-state index in [0.29, 0.717) is 43.9 Å². The number of para-hydroxylation sites is 1. The summed E-state index contributed by atoms with van der Waals surface area (Å²) < 4.78 is 5.29. The van der Waals surface area contributed by atoms with Crippen LogP contribution in [0.4, 0.5) is 5.69 Å². The molecule has 0 atom stereocenters. The summed E-state index contributed by atoms with van der Waals surface area (Å²) in [7, 11) is 0. The number of anilines is 1. The van der Waals surface area contributed by atoms with Crippen molar-refractivity contribution in [2.75, 3.05) is 31.2 Å². The van der Waals surface area contributed by atoms with Crippen molar-refractivity contribution in [1.29, 1.82) is 0 Å². The second-order valence-corrected chi connectivity index (χ2v) is 11.4. The van der Waals surface area contributed by atoms with E-state index in [0.717, 1.165) is 5.69 Å². The molecule has 2 fully saturated rings. The fourth-order valence-corrected chi connectivity index (χ4v) is 5.53. The van der Waals surface area contributed by atoms with Crippen molar-refractivity contribution in [1.82, 2.24) is 15.1 Å². The highest BCUT2D eigenvalue weighted by molar-refractivity contribution is 5.97. The zero-order valence-corrected chi connectivity index (χ0v) is 22.9. The van der Waals surface area contributed by atoms with E-state index in [1.54, 1.807) is 23.3 Å². The van der Waals surface area contributed by atoms with Gasteiger partial charge in [-0.1, -0.05) is 51.1 Å². The Bertz CT molecular complexity index is 1300. The van der Waals surface area contributed by atoms with Gasteiger partial charge in [-0.05, 0) is 60.2 Å². The van der Waals surface area contributed by atoms with Crippen molar-refractivity contribution in [3.8, 4) is 0 Å². The average molecular weight is 529 g/mol. The molecule has 0 aliphatic carbocycles. The van der Waals surface area contributed by atoms with E-state index < -0.39 is 5.54 Å². The summed E-state index contributed by atoms with van der Waals surface area (Å²) in [5.41, 5.74) is 1.99. The Hall–Kier alpha value is -4.07. The molecule has 0 saturated carbocycles. The summed E-state index contributed by atoms with van der Waals surface area (Å²) in [4.78, 5) is 45.5. The van der Waals surface area contributed by atoms with Crippen LogP contribution in [0.2, 0.25) is 0 Å². The quantitative estimate of drug-likeness (QED) is 0.519. The van der Waals surface area contributed by atoms with E-state index in [9.17, 15) is 14.4 Å². The number of amides is 3. The van der Waals surface area contributed by atoms with Gasteiger partial charge >= 0.3 is 0 Å². The lowest BCUT2D eigenvalue weighted by Gasteiger charge is -2.43. The standard InChI is InChI=1S/C31H36N4O4/c1-30(2,3)24-13-11-23(12-14-24)28(37)33-17-15-31(16-18-33)29(38)34(22-35(31)25-8-5-4-6-9-25)21-27(36)32-20-26-10-7-19-39-26/h4-14,19H,15-18,20-22H2,1-3H3,(H,32,36). The Morgan fingerprint density at radius 1 is 0.949 bits per heavy atom. The third-order valence-corrected chi connectivity index (χ3v) is 7.83. The van der Waals surface area contributed by atoms with Crippen LogP contribution in [0.5, 0.6) is 0 Å². The minimum atomic E-state index is -0.796. The molecule has 39 heavy (non-hydrogen) atoms. The molecule has 0 radical (unpaired) electrons. The SMILES string of the molecule is CC(C)(C)c1ccc(C(=O)N2CCC3(CC2)C(=O)N(CC(=O)NCc2ccco2)CN3c2ccccc2)cc1. The monoisotopic (exact) mass is 528 g/mol. The number of hydrogen-bond donors (Lipinski definition) is 1. The van der Waals surface area contributed by atoms with Gasteiger partial charge in [-0.15, -0.1) is 0 Å². The maximum Gasteiger partial charge on any atom is 0.253 e. The zero-order valence-electron chi connectivity index (χ0n) is 22.9. The Balaban J connectivity index is 1.29. The number of likely N-dealkylation sites (tertiary alicyclic amines) is 1. The van der Waals surface area contributed by atoms with E-state index in [-0.39, 0.29) is 36.2 Å². The molecule has 0 unspecified atom stereocenters. The van der Waals surface area contributed by atoms with Gasteiger partial charge in [-0.2, -0.15) is 0 Å². The molecule has 2 aromatic carbocycles. The molecular weight excluding hydrogens is 492 g/mol. The minimum absolute atomic E-state index is 0.0174. The van der Waals surface area contributed by atoms with Gasteiger partial charge in [-0.3, -0.25) is 14.4 Å². The number of carbonyl (C=O) groups is 3. The zero-order chi connectivity index (χ0) is 27.6. The highest BCUT2D eigenvalue weighted by atomic mass is 16.3. The Morgan fingerprint density at radius 3 is 2.26 bits per heavy atom. The molecule has 0 bridgehead atoms. The van der Waals surface area contributed by atoms with E-state index in [1.807, 2.05) is 59.5 Å². The lowest BCUT2D eigenvalue weighted by atomic mass is 9.84. The van der Waals surface area contributed by atoms with Crippen LogP contribution < -0.4 is 10.2 Å². The first-order valence-electron chi connectivity index (χ1n) is 13.5. The molecule has 3 heterocycles. The smallest absolute Gasteiger partial charge is 0.253 e. The second-order valence-electron chi connectivity index (χ2n) is 11.4. The molecule has 8 nitrogen and oxygen atoms in total. The molecule has 1 aromatic heterocycles. The number of nitrogens with zero attached hydrogens (tertiary/aromatic N) is 3. The van der Waals surface area contributed by atoms with Crippen molar-refractivity contribution in [3.05, 3.63) is 89.9 Å². The number of benzene rings is 2. The van der Waals surface area contributed by atoms with Crippen LogP contribution in [-0.4, -0.2) is 59.4 Å². The van der Waals surface area contributed by atoms with Crippen molar-refractivity contribution in [3.63, 3.8) is 0 Å². The first kappa shape index (κ1) is 26.5. The van der Waals surface area contributed by atoms with Gasteiger partial charge < -0.3 is 24.4 Å². The summed E-state index contributed by atoms with van der Waals surface area (Å²) in [6.07, 6.45) is 2.55. The number of piperidine rings is 1. The fraction of sp³-hybridized carbons (Fsp3) is 0.387. The number of hydrogen-bond acceptors (Lipinski definition) is 5. The van der Waals surface area contributed by atoms with Gasteiger partial charge in [0.05, 0.1) is 19.5 Å². The van der Waals surface area contributed by atoms with Gasteiger partial charge in [0.15, 0.2) is 0 Å². The van der Waals surface area contributed by atoms with Crippen molar-refractivity contribution in [2.24, 2.45) is 0 Å². The Morgan fingerprint density at radius 2 is 1.64 bits per heavy atom. The summed E-state index contributed by atoms with van der Waals surface area (Å²) >= 11 is 0. The van der Waals surface area contributed by atoms with E-state index in [4.69, 9.17) is 4.42 Å².